The van der Waals surface area contributed by atoms with Crippen LogP contribution in [0.15, 0.2) is 73.8 Å². The normalized spacial score (nSPS) is 10.7. The van der Waals surface area contributed by atoms with Gasteiger partial charge in [-0.05, 0) is 47.9 Å². The van der Waals surface area contributed by atoms with Crippen LogP contribution < -0.4 is 0 Å². The Labute approximate surface area is 134 Å². The van der Waals surface area contributed by atoms with E-state index in [-0.39, 0.29) is 0 Å². The molecular formula is C22H24. The lowest BCUT2D eigenvalue weighted by Crippen LogP contribution is -1.84. The van der Waals surface area contributed by atoms with Crippen molar-refractivity contribution in [2.45, 2.75) is 25.7 Å². The third kappa shape index (κ3) is 5.21. The van der Waals surface area contributed by atoms with Crippen LogP contribution in [0, 0.1) is 0 Å². The molecule has 112 valence electrons. The highest BCUT2D eigenvalue weighted by molar-refractivity contribution is 5.69. The summed E-state index contributed by atoms with van der Waals surface area (Å²) in [5.41, 5.74) is 5.20. The molecule has 0 aliphatic heterocycles. The highest BCUT2D eigenvalue weighted by Gasteiger charge is 1.93. The fourth-order valence-corrected chi connectivity index (χ4v) is 2.32. The molecule has 0 heteroatoms. The van der Waals surface area contributed by atoms with E-state index in [1.165, 1.54) is 22.3 Å². The number of hydrogen-bond acceptors (Lipinski definition) is 0. The maximum absolute atomic E-state index is 3.76. The van der Waals surface area contributed by atoms with Crippen molar-refractivity contribution < 1.29 is 0 Å². The smallest absolute Gasteiger partial charge is 0.0244 e. The molecule has 0 aromatic heterocycles. The average molecular weight is 288 g/mol. The van der Waals surface area contributed by atoms with Crippen LogP contribution in [0.1, 0.15) is 35.1 Å². The van der Waals surface area contributed by atoms with Crippen LogP contribution >= 0.6 is 0 Å². The summed E-state index contributed by atoms with van der Waals surface area (Å²) < 4.78 is 0. The summed E-state index contributed by atoms with van der Waals surface area (Å²) >= 11 is 0. The van der Waals surface area contributed by atoms with Crippen molar-refractivity contribution in [3.8, 4) is 0 Å². The predicted molar refractivity (Wildman–Crippen MR) is 98.8 cm³/mol. The van der Waals surface area contributed by atoms with Crippen molar-refractivity contribution in [2.75, 3.05) is 0 Å². The Morgan fingerprint density at radius 1 is 0.591 bits per heavy atom. The Balaban J connectivity index is 1.95. The van der Waals surface area contributed by atoms with Gasteiger partial charge in [-0.15, -0.1) is 13.2 Å². The average Bonchev–Trinajstić information content (AvgIpc) is 2.58. The maximum atomic E-state index is 3.76. The Bertz CT molecular complexity index is 555. The maximum Gasteiger partial charge on any atom is -0.0244 e. The molecule has 0 radical (unpaired) electrons. The van der Waals surface area contributed by atoms with Crippen molar-refractivity contribution in [1.82, 2.24) is 0 Å². The molecule has 0 bridgehead atoms. The standard InChI is InChI=1S/C22H24/c1-3-5-7-19-9-13-21(14-10-19)17-18-22-15-11-20(12-16-22)8-6-4-2/h3-4,9-18H,1-2,5-8H2/b18-17+. The highest BCUT2D eigenvalue weighted by Crippen LogP contribution is 2.13. The first kappa shape index (κ1) is 16.0. The molecule has 0 N–H and O–H groups in total. The summed E-state index contributed by atoms with van der Waals surface area (Å²) in [6.45, 7) is 7.53. The molecule has 0 saturated heterocycles. The molecular weight excluding hydrogens is 264 g/mol. The lowest BCUT2D eigenvalue weighted by molar-refractivity contribution is 1.00. The van der Waals surface area contributed by atoms with E-state index in [4.69, 9.17) is 0 Å². The van der Waals surface area contributed by atoms with Crippen LogP contribution in [-0.4, -0.2) is 0 Å². The van der Waals surface area contributed by atoms with Crippen molar-refractivity contribution in [1.29, 1.82) is 0 Å². The monoisotopic (exact) mass is 288 g/mol. The molecule has 0 heterocycles. The van der Waals surface area contributed by atoms with E-state index in [1.807, 2.05) is 12.2 Å². The van der Waals surface area contributed by atoms with Crippen molar-refractivity contribution in [3.05, 3.63) is 96.1 Å². The van der Waals surface area contributed by atoms with Gasteiger partial charge in [0.05, 0.1) is 0 Å². The summed E-state index contributed by atoms with van der Waals surface area (Å²) in [7, 11) is 0. The van der Waals surface area contributed by atoms with E-state index in [0.717, 1.165) is 25.7 Å². The van der Waals surface area contributed by atoms with Gasteiger partial charge in [-0.1, -0.05) is 72.8 Å². The van der Waals surface area contributed by atoms with Gasteiger partial charge in [0.2, 0.25) is 0 Å². The third-order valence-corrected chi connectivity index (χ3v) is 3.70. The molecule has 2 aromatic rings. The Hall–Kier alpha value is -2.34. The van der Waals surface area contributed by atoms with Gasteiger partial charge >= 0.3 is 0 Å². The molecule has 2 aromatic carbocycles. The summed E-state index contributed by atoms with van der Waals surface area (Å²) in [6, 6.07) is 17.5. The van der Waals surface area contributed by atoms with Gasteiger partial charge in [0.15, 0.2) is 0 Å². The zero-order valence-electron chi connectivity index (χ0n) is 13.2. The van der Waals surface area contributed by atoms with Gasteiger partial charge in [0.1, 0.15) is 0 Å². The number of rotatable bonds is 8. The molecule has 22 heavy (non-hydrogen) atoms. The van der Waals surface area contributed by atoms with Crippen molar-refractivity contribution in [3.63, 3.8) is 0 Å². The second kappa shape index (κ2) is 8.84. The first-order valence-electron chi connectivity index (χ1n) is 7.89. The number of aryl methyl sites for hydroxylation is 2. The molecule has 0 atom stereocenters. The lowest BCUT2D eigenvalue weighted by Gasteiger charge is -2.01. The molecule has 0 unspecified atom stereocenters. The van der Waals surface area contributed by atoms with E-state index >= 15 is 0 Å². The molecule has 0 spiro atoms. The second-order valence-corrected chi connectivity index (χ2v) is 5.47. The molecule has 0 fully saturated rings. The first-order valence-corrected chi connectivity index (χ1v) is 7.89. The zero-order chi connectivity index (χ0) is 15.6. The van der Waals surface area contributed by atoms with Gasteiger partial charge in [0.25, 0.3) is 0 Å². The highest BCUT2D eigenvalue weighted by atomic mass is 14.0. The summed E-state index contributed by atoms with van der Waals surface area (Å²) in [5, 5.41) is 0. The SMILES string of the molecule is C=CCCc1ccc(/C=C/c2ccc(CCC=C)cc2)cc1. The van der Waals surface area contributed by atoms with Gasteiger partial charge in [-0.3, -0.25) is 0 Å². The van der Waals surface area contributed by atoms with Gasteiger partial charge in [0, 0.05) is 0 Å². The van der Waals surface area contributed by atoms with E-state index in [0.29, 0.717) is 0 Å². The van der Waals surface area contributed by atoms with Crippen molar-refractivity contribution >= 4 is 12.2 Å². The van der Waals surface area contributed by atoms with Crippen LogP contribution in [0.25, 0.3) is 12.2 Å². The summed E-state index contributed by atoms with van der Waals surface area (Å²) in [6.07, 6.45) is 12.5. The number of allylic oxidation sites excluding steroid dienone is 2. The molecule has 0 aliphatic rings. The quantitative estimate of drug-likeness (QED) is 0.407. The van der Waals surface area contributed by atoms with Crippen LogP contribution in [-0.2, 0) is 12.8 Å². The number of hydrogen-bond donors (Lipinski definition) is 0. The Kier molecular flexibility index (Phi) is 6.44. The molecule has 2 rings (SSSR count). The Morgan fingerprint density at radius 2 is 0.955 bits per heavy atom. The molecule has 0 nitrogen and oxygen atoms in total. The molecule has 0 aliphatic carbocycles. The van der Waals surface area contributed by atoms with Crippen LogP contribution in [0.3, 0.4) is 0 Å². The minimum absolute atomic E-state index is 1.04. The second-order valence-electron chi connectivity index (χ2n) is 5.47. The zero-order valence-corrected chi connectivity index (χ0v) is 13.2. The predicted octanol–water partition coefficient (Wildman–Crippen LogP) is 6.09. The van der Waals surface area contributed by atoms with Crippen LogP contribution in [0.2, 0.25) is 0 Å². The topological polar surface area (TPSA) is 0 Å². The summed E-state index contributed by atoms with van der Waals surface area (Å²) in [5.74, 6) is 0. The van der Waals surface area contributed by atoms with E-state index in [9.17, 15) is 0 Å². The largest absolute Gasteiger partial charge is 0.103 e. The minimum Gasteiger partial charge on any atom is -0.103 e. The molecule has 0 saturated carbocycles. The minimum atomic E-state index is 1.04. The number of benzene rings is 2. The van der Waals surface area contributed by atoms with Crippen molar-refractivity contribution in [2.24, 2.45) is 0 Å². The van der Waals surface area contributed by atoms with E-state index in [1.54, 1.807) is 0 Å². The van der Waals surface area contributed by atoms with Crippen LogP contribution in [0.4, 0.5) is 0 Å². The fraction of sp³-hybridized carbons (Fsp3) is 0.182. The summed E-state index contributed by atoms with van der Waals surface area (Å²) in [4.78, 5) is 0. The third-order valence-electron chi connectivity index (χ3n) is 3.70. The molecule has 0 amide bonds. The lowest BCUT2D eigenvalue weighted by atomic mass is 10.0. The fourth-order valence-electron chi connectivity index (χ4n) is 2.32. The van der Waals surface area contributed by atoms with E-state index < -0.39 is 0 Å². The van der Waals surface area contributed by atoms with Gasteiger partial charge in [-0.25, -0.2) is 0 Å². The van der Waals surface area contributed by atoms with E-state index in [2.05, 4.69) is 73.8 Å². The van der Waals surface area contributed by atoms with Crippen LogP contribution in [0.5, 0.6) is 0 Å². The van der Waals surface area contributed by atoms with Gasteiger partial charge in [-0.2, -0.15) is 0 Å². The first-order chi connectivity index (χ1) is 10.8. The van der Waals surface area contributed by atoms with Gasteiger partial charge < -0.3 is 0 Å². The Morgan fingerprint density at radius 3 is 1.27 bits per heavy atom.